The third kappa shape index (κ3) is 23.4. The zero-order valence-corrected chi connectivity index (χ0v) is 66.5. The van der Waals surface area contributed by atoms with Crippen LogP contribution in [-0.2, 0) is 124 Å². The Hall–Kier alpha value is -4.87. The minimum atomic E-state index is -5.47. The summed E-state index contributed by atoms with van der Waals surface area (Å²) in [6.07, 6.45) is -86.2. The Bertz CT molecular complexity index is 3510. The fourth-order valence-electron chi connectivity index (χ4n) is 15.5. The number of carbonyl (C=O) groups is 6. The predicted octanol–water partition coefficient (Wildman–Crippen LogP) is -19.9. The van der Waals surface area contributed by atoms with Crippen LogP contribution >= 0.6 is 0 Å². The maximum Gasteiger partial charge on any atom is 0.397 e. The van der Waals surface area contributed by atoms with Crippen molar-refractivity contribution in [3.8, 4) is 0 Å². The zero-order valence-electron chi connectivity index (χ0n) is 65.7. The van der Waals surface area contributed by atoms with Crippen molar-refractivity contribution in [1.82, 2.24) is 31.9 Å². The average molecular weight is 1800 g/mol. The van der Waals surface area contributed by atoms with Crippen molar-refractivity contribution in [2.24, 2.45) is 0 Å². The monoisotopic (exact) mass is 1800 g/mol. The molecule has 0 radical (unpaired) electrons. The van der Waals surface area contributed by atoms with Crippen molar-refractivity contribution in [2.75, 3.05) is 59.5 Å². The van der Waals surface area contributed by atoms with Crippen molar-refractivity contribution in [1.29, 1.82) is 0 Å². The Balaban J connectivity index is 1.17. The topological polar surface area (TPSA) is 840 Å². The van der Waals surface area contributed by atoms with Gasteiger partial charge in [0.2, 0.25) is 35.4 Å². The summed E-state index contributed by atoms with van der Waals surface area (Å²) in [6.45, 7) is -5.31. The van der Waals surface area contributed by atoms with Crippen LogP contribution in [0.3, 0.4) is 0 Å². The fraction of sp³-hybridized carbons (Fsp3) is 0.909. The molecule has 122 heavy (non-hydrogen) atoms. The highest BCUT2D eigenvalue weighted by atomic mass is 32.3. The molecule has 9 saturated heterocycles. The molecule has 9 fully saturated rings. The van der Waals surface area contributed by atoms with Crippen LogP contribution in [0.25, 0.3) is 0 Å². The molecule has 9 heterocycles. The van der Waals surface area contributed by atoms with Crippen molar-refractivity contribution < 1.29 is 239 Å². The normalized spacial score (nSPS) is 45.9. The lowest BCUT2D eigenvalue weighted by Gasteiger charge is -2.52. The summed E-state index contributed by atoms with van der Waals surface area (Å²) < 4.78 is 142. The van der Waals surface area contributed by atoms with Gasteiger partial charge in [0.1, 0.15) is 219 Å². The molecule has 0 aromatic rings. The van der Waals surface area contributed by atoms with Gasteiger partial charge in [-0.3, -0.25) is 33.3 Å². The summed E-state index contributed by atoms with van der Waals surface area (Å²) >= 11 is 0. The molecule has 45 atom stereocenters. The van der Waals surface area contributed by atoms with E-state index in [1.807, 2.05) is 0 Å². The van der Waals surface area contributed by atoms with Gasteiger partial charge in [0, 0.05) is 41.5 Å². The van der Waals surface area contributed by atoms with Gasteiger partial charge < -0.3 is 225 Å². The van der Waals surface area contributed by atoms with Crippen LogP contribution in [0, 0.1) is 0 Å². The summed E-state index contributed by atoms with van der Waals surface area (Å²) in [5.74, 6) is -5.76. The molecule has 0 aliphatic carbocycles. The SMILES string of the molecule is CC(=O)N[C@@H]1[C@H](O[C@H]2[C@H](O[C@H]3O[C@H](CO)[C@@H](O)[C@H](O)[C@@H]3O[C@@H]3O[C@H](CO)[C@@H](O[C@@H]4O[C@H](CO)[C@H](OS(=O)(=O)O)[C@H](O)[C@H]4NC(C)=O)[C@H](O)[C@H]3NC(C)=O)[C@H](O)[C@H](O[C@H]3[C@H](O)[C@@H](NC(C)=O)[C@H](O[C@H]4[C@H](O)[C@@H](NC(C)=O)C(O)O[C@@H]4CO)O[C@@H]3CO)O[C@@H]2CO[C@H]2O[C@H](CO)[C@@H](O)[C@H](O)[C@@H]2O[C@@H]2O[C@H](CO)[C@@H](O)[C@H](O)[C@H]2NC(C)=O)O[C@H](CO)[C@@H](O)[C@@H]1O. The molecule has 0 bridgehead atoms. The van der Waals surface area contributed by atoms with Crippen LogP contribution in [0.5, 0.6) is 0 Å². The number of amides is 6. The first kappa shape index (κ1) is 101. The summed E-state index contributed by atoms with van der Waals surface area (Å²) in [4.78, 5) is 77.1. The Kier molecular flexibility index (Phi) is 36.4. The third-order valence-electron chi connectivity index (χ3n) is 21.4. The first-order valence-electron chi connectivity index (χ1n) is 38.3. The average Bonchev–Trinajstić information content (AvgIpc) is 0.755. The predicted molar refractivity (Wildman–Crippen MR) is 377 cm³/mol. The number of aliphatic hydroxyl groups is 22. The molecule has 1 unspecified atom stereocenters. The number of ether oxygens (including phenoxy) is 17. The molecule has 9 aliphatic rings. The highest BCUT2D eigenvalue weighted by molar-refractivity contribution is 7.80. The van der Waals surface area contributed by atoms with Gasteiger partial charge in [-0.1, -0.05) is 0 Å². The first-order valence-corrected chi connectivity index (χ1v) is 39.6. The van der Waals surface area contributed by atoms with E-state index in [0.29, 0.717) is 0 Å². The number of rotatable bonds is 33. The molecular formula is C66H110N6O49S. The molecule has 0 aromatic carbocycles. The summed E-state index contributed by atoms with van der Waals surface area (Å²) in [6, 6.07) is -11.7. The van der Waals surface area contributed by atoms with Crippen LogP contribution in [0.2, 0.25) is 0 Å². The number of carbonyl (C=O) groups excluding carboxylic acids is 6. The summed E-state index contributed by atoms with van der Waals surface area (Å²) in [5, 5.41) is 264. The van der Waals surface area contributed by atoms with Crippen LogP contribution in [0.15, 0.2) is 0 Å². The van der Waals surface area contributed by atoms with E-state index in [4.69, 9.17) is 80.5 Å². The molecule has 0 aromatic heterocycles. The van der Waals surface area contributed by atoms with E-state index in [9.17, 15) is 154 Å². The smallest absolute Gasteiger partial charge is 0.394 e. The van der Waals surface area contributed by atoms with Gasteiger partial charge in [0.25, 0.3) is 0 Å². The molecule has 6 amide bonds. The largest absolute Gasteiger partial charge is 0.397 e. The second kappa shape index (κ2) is 44.0. The van der Waals surface area contributed by atoms with E-state index in [0.717, 1.165) is 41.5 Å². The molecule has 0 spiro atoms. The fourth-order valence-corrected chi connectivity index (χ4v) is 16.0. The summed E-state index contributed by atoms with van der Waals surface area (Å²) in [7, 11) is -5.47. The van der Waals surface area contributed by atoms with E-state index >= 15 is 0 Å². The van der Waals surface area contributed by atoms with Gasteiger partial charge in [-0.2, -0.15) is 8.42 Å². The molecular weight excluding hydrogens is 1690 g/mol. The minimum Gasteiger partial charge on any atom is -0.394 e. The Labute approximate surface area is 691 Å². The third-order valence-corrected chi connectivity index (χ3v) is 21.8. The van der Waals surface area contributed by atoms with E-state index in [2.05, 4.69) is 36.1 Å². The van der Waals surface area contributed by atoms with Gasteiger partial charge in [0.05, 0.1) is 59.5 Å². The second-order valence-corrected chi connectivity index (χ2v) is 31.2. The number of hydrogen-bond donors (Lipinski definition) is 29. The Morgan fingerprint density at radius 3 is 0.852 bits per heavy atom. The lowest BCUT2D eigenvalue weighted by atomic mass is 9.93. The van der Waals surface area contributed by atoms with Gasteiger partial charge in [-0.05, 0) is 0 Å². The van der Waals surface area contributed by atoms with Crippen LogP contribution in [0.1, 0.15) is 41.5 Å². The van der Waals surface area contributed by atoms with Crippen molar-refractivity contribution in [2.45, 2.75) is 318 Å². The van der Waals surface area contributed by atoms with Crippen LogP contribution in [-0.4, -0.2) is 496 Å². The summed E-state index contributed by atoms with van der Waals surface area (Å²) in [5.41, 5.74) is 0. The molecule has 9 rings (SSSR count). The molecule has 0 saturated carbocycles. The maximum absolute atomic E-state index is 13.3. The molecule has 704 valence electrons. The van der Waals surface area contributed by atoms with Crippen LogP contribution in [0.4, 0.5) is 0 Å². The number of aliphatic hydroxyl groups excluding tert-OH is 22. The van der Waals surface area contributed by atoms with Gasteiger partial charge in [-0.15, -0.1) is 0 Å². The van der Waals surface area contributed by atoms with E-state index in [1.54, 1.807) is 0 Å². The standard InChI is InChI=1S/C66H110N6O49S/c1-16(81)67-31-43(93)50(26(11-77)105-58(31)100)114-61-34(70-19(4)84)45(95)52(28(13-79)110-61)116-64-49(99)55(118-66-57(48(98)40(90)25(10-76)109-66)120-63-35(71-20(5)85)44(94)51(27(12-78)111-63)115-62-36(72-21(6)86)46(96)53(29(14-80)112-62)121-122(101,102)103)54(117-59-32(68-17(2)82)41(91)37(87)22(7-73)106-59)30(113-64)15-104-65-56(47(97)39(89)24(9-75)108-65)119-60-33(69-18(3)83)42(92)38(88)23(8-74)107-60/h22-66,73-80,87-100H,7-15H2,1-6H3,(H,67,81)(H,68,82)(H,69,83)(H,70,84)(H,71,85)(H,72,86)(H,101,102,103)/t22-,23-,24-,25-,26-,27-,28-,29-,30-,31-,32+,33-,34-,35-,36-,37-,38-,39-,40-,41-,42-,43-,44-,45-,46-,47+,48+,49+,50-,51-,52-,53+,54-,55-,56+,57+,58?,59+,60+,61+,62+,63+,64+,65+,66-/m1/s1. The zero-order chi connectivity index (χ0) is 90.3. The van der Waals surface area contributed by atoms with Crippen molar-refractivity contribution in [3.05, 3.63) is 0 Å². The highest BCUT2D eigenvalue weighted by Crippen LogP contribution is 2.41. The van der Waals surface area contributed by atoms with Crippen molar-refractivity contribution >= 4 is 45.8 Å². The highest BCUT2D eigenvalue weighted by Gasteiger charge is 2.62. The van der Waals surface area contributed by atoms with E-state index in [-0.39, 0.29) is 0 Å². The van der Waals surface area contributed by atoms with E-state index < -0.39 is 381 Å². The molecule has 55 nitrogen and oxygen atoms in total. The second-order valence-electron chi connectivity index (χ2n) is 30.1. The molecule has 9 aliphatic heterocycles. The molecule has 56 heteroatoms. The van der Waals surface area contributed by atoms with Gasteiger partial charge >= 0.3 is 10.4 Å². The van der Waals surface area contributed by atoms with E-state index in [1.165, 1.54) is 0 Å². The van der Waals surface area contributed by atoms with Gasteiger partial charge in [-0.25, -0.2) is 4.18 Å². The van der Waals surface area contributed by atoms with Gasteiger partial charge in [0.15, 0.2) is 56.6 Å². The quantitative estimate of drug-likeness (QED) is 0.0271. The number of nitrogens with one attached hydrogen (secondary N) is 6. The molecule has 29 N–H and O–H groups in total. The first-order chi connectivity index (χ1) is 57.5. The minimum absolute atomic E-state index is 0.821. The lowest BCUT2D eigenvalue weighted by molar-refractivity contribution is -0.408. The van der Waals surface area contributed by atoms with Crippen LogP contribution < -0.4 is 31.9 Å². The van der Waals surface area contributed by atoms with Crippen molar-refractivity contribution in [3.63, 3.8) is 0 Å². The Morgan fingerprint density at radius 1 is 0.254 bits per heavy atom. The Morgan fingerprint density at radius 2 is 0.500 bits per heavy atom. The lowest BCUT2D eigenvalue weighted by Crippen LogP contribution is -2.72. The maximum atomic E-state index is 13.3. The number of hydrogen-bond acceptors (Lipinski definition) is 48.